The molecule has 1 heterocycles. The highest BCUT2D eigenvalue weighted by Crippen LogP contribution is 2.19. The SMILES string of the molecule is Cc1cc(Cn2cnnc2SCC(=O)O)cc(C)c1F. The first-order chi connectivity index (χ1) is 9.47. The molecule has 1 aromatic heterocycles. The Morgan fingerprint density at radius 2 is 2.05 bits per heavy atom. The van der Waals surface area contributed by atoms with Gasteiger partial charge in [-0.2, -0.15) is 0 Å². The molecule has 2 aromatic rings. The number of halogens is 1. The molecule has 20 heavy (non-hydrogen) atoms. The monoisotopic (exact) mass is 295 g/mol. The van der Waals surface area contributed by atoms with Crippen LogP contribution in [0.2, 0.25) is 0 Å². The molecule has 5 nitrogen and oxygen atoms in total. The first-order valence-electron chi connectivity index (χ1n) is 5.95. The van der Waals surface area contributed by atoms with Gasteiger partial charge in [-0.1, -0.05) is 23.9 Å². The fourth-order valence-electron chi connectivity index (χ4n) is 1.91. The number of hydrogen-bond acceptors (Lipinski definition) is 4. The van der Waals surface area contributed by atoms with Gasteiger partial charge >= 0.3 is 5.97 Å². The number of thioether (sulfide) groups is 1. The third-order valence-electron chi connectivity index (χ3n) is 2.75. The summed E-state index contributed by atoms with van der Waals surface area (Å²) in [5, 5.41) is 16.9. The Morgan fingerprint density at radius 1 is 1.40 bits per heavy atom. The van der Waals surface area contributed by atoms with E-state index in [4.69, 9.17) is 5.11 Å². The van der Waals surface area contributed by atoms with Gasteiger partial charge in [0.2, 0.25) is 0 Å². The maximum Gasteiger partial charge on any atom is 0.313 e. The van der Waals surface area contributed by atoms with Gasteiger partial charge in [-0.15, -0.1) is 10.2 Å². The van der Waals surface area contributed by atoms with Gasteiger partial charge in [0.15, 0.2) is 5.16 Å². The zero-order valence-corrected chi connectivity index (χ0v) is 11.9. The molecule has 0 bridgehead atoms. The van der Waals surface area contributed by atoms with Gasteiger partial charge in [0.25, 0.3) is 0 Å². The zero-order valence-electron chi connectivity index (χ0n) is 11.1. The fourth-order valence-corrected chi connectivity index (χ4v) is 2.55. The minimum absolute atomic E-state index is 0.0693. The van der Waals surface area contributed by atoms with E-state index in [1.807, 2.05) is 0 Å². The topological polar surface area (TPSA) is 68.0 Å². The van der Waals surface area contributed by atoms with Crippen molar-refractivity contribution in [3.8, 4) is 0 Å². The number of aromatic nitrogens is 3. The summed E-state index contributed by atoms with van der Waals surface area (Å²) in [5.41, 5.74) is 2.11. The highest BCUT2D eigenvalue weighted by atomic mass is 32.2. The summed E-state index contributed by atoms with van der Waals surface area (Å²) < 4.78 is 15.3. The molecule has 1 aromatic carbocycles. The van der Waals surface area contributed by atoms with Crippen LogP contribution in [0.4, 0.5) is 4.39 Å². The normalized spacial score (nSPS) is 10.8. The molecule has 2 rings (SSSR count). The molecule has 106 valence electrons. The zero-order chi connectivity index (χ0) is 14.7. The Balaban J connectivity index is 2.18. The average Bonchev–Trinajstić information content (AvgIpc) is 2.80. The maximum absolute atomic E-state index is 13.6. The summed E-state index contributed by atoms with van der Waals surface area (Å²) in [6, 6.07) is 3.54. The highest BCUT2D eigenvalue weighted by molar-refractivity contribution is 7.99. The van der Waals surface area contributed by atoms with Crippen LogP contribution in [0.25, 0.3) is 0 Å². The molecule has 7 heteroatoms. The summed E-state index contributed by atoms with van der Waals surface area (Å²) in [6.45, 7) is 3.92. The molecule has 1 N–H and O–H groups in total. The van der Waals surface area contributed by atoms with Crippen LogP contribution in [0.1, 0.15) is 16.7 Å². The van der Waals surface area contributed by atoms with E-state index in [1.54, 1.807) is 30.5 Å². The predicted octanol–water partition coefficient (Wildman–Crippen LogP) is 2.26. The molecule has 0 aliphatic heterocycles. The Bertz CT molecular complexity index is 619. The van der Waals surface area contributed by atoms with Crippen molar-refractivity contribution in [1.29, 1.82) is 0 Å². The summed E-state index contributed by atoms with van der Waals surface area (Å²) in [4.78, 5) is 10.6. The van der Waals surface area contributed by atoms with Gasteiger partial charge in [0.1, 0.15) is 12.1 Å². The number of nitrogens with zero attached hydrogens (tertiary/aromatic N) is 3. The van der Waals surface area contributed by atoms with E-state index in [9.17, 15) is 9.18 Å². The van der Waals surface area contributed by atoms with Gasteiger partial charge in [0, 0.05) is 0 Å². The largest absolute Gasteiger partial charge is 0.481 e. The minimum atomic E-state index is -0.905. The second-order valence-corrected chi connectivity index (χ2v) is 5.41. The van der Waals surface area contributed by atoms with E-state index < -0.39 is 5.97 Å². The molecule has 0 aliphatic carbocycles. The fraction of sp³-hybridized carbons (Fsp3) is 0.308. The highest BCUT2D eigenvalue weighted by Gasteiger charge is 2.10. The van der Waals surface area contributed by atoms with Crippen molar-refractivity contribution >= 4 is 17.7 Å². The van der Waals surface area contributed by atoms with Crippen LogP contribution in [0, 0.1) is 19.7 Å². The van der Waals surface area contributed by atoms with Crippen molar-refractivity contribution in [1.82, 2.24) is 14.8 Å². The number of aliphatic carboxylic acids is 1. The van der Waals surface area contributed by atoms with E-state index in [0.717, 1.165) is 17.3 Å². The molecule has 0 aliphatic rings. The van der Waals surface area contributed by atoms with Crippen LogP contribution in [-0.2, 0) is 11.3 Å². The van der Waals surface area contributed by atoms with Gasteiger partial charge in [-0.3, -0.25) is 4.79 Å². The van der Waals surface area contributed by atoms with Crippen molar-refractivity contribution in [2.45, 2.75) is 25.5 Å². The molecule has 0 fully saturated rings. The maximum atomic E-state index is 13.6. The first-order valence-corrected chi connectivity index (χ1v) is 6.94. The number of carboxylic acids is 1. The van der Waals surface area contributed by atoms with Crippen LogP contribution in [0.3, 0.4) is 0 Å². The molecule has 0 atom stereocenters. The molecule has 0 spiro atoms. The van der Waals surface area contributed by atoms with Crippen LogP contribution < -0.4 is 0 Å². The number of aryl methyl sites for hydroxylation is 2. The van der Waals surface area contributed by atoms with Gasteiger partial charge in [-0.25, -0.2) is 4.39 Å². The van der Waals surface area contributed by atoms with E-state index >= 15 is 0 Å². The number of benzene rings is 1. The summed E-state index contributed by atoms with van der Waals surface area (Å²) in [5.74, 6) is -1.17. The quantitative estimate of drug-likeness (QED) is 0.857. The smallest absolute Gasteiger partial charge is 0.313 e. The van der Waals surface area contributed by atoms with Gasteiger partial charge in [-0.05, 0) is 30.5 Å². The summed E-state index contributed by atoms with van der Waals surface area (Å²) in [6.07, 6.45) is 1.54. The average molecular weight is 295 g/mol. The van der Waals surface area contributed by atoms with Crippen molar-refractivity contribution in [2.24, 2.45) is 0 Å². The van der Waals surface area contributed by atoms with Crippen LogP contribution in [0.5, 0.6) is 0 Å². The third kappa shape index (κ3) is 3.36. The van der Waals surface area contributed by atoms with Crippen LogP contribution in [0.15, 0.2) is 23.6 Å². The Morgan fingerprint density at radius 3 is 2.65 bits per heavy atom. The molecule has 0 radical (unpaired) electrons. The Kier molecular flexibility index (Phi) is 4.39. The summed E-state index contributed by atoms with van der Waals surface area (Å²) >= 11 is 1.11. The Labute approximate surface area is 119 Å². The van der Waals surface area contributed by atoms with E-state index in [-0.39, 0.29) is 11.6 Å². The molecule has 0 unspecified atom stereocenters. The van der Waals surface area contributed by atoms with Crippen molar-refractivity contribution < 1.29 is 14.3 Å². The molecule has 0 amide bonds. The lowest BCUT2D eigenvalue weighted by Crippen LogP contribution is -2.04. The third-order valence-corrected chi connectivity index (χ3v) is 3.72. The lowest BCUT2D eigenvalue weighted by molar-refractivity contribution is -0.133. The van der Waals surface area contributed by atoms with Crippen molar-refractivity contribution in [2.75, 3.05) is 5.75 Å². The van der Waals surface area contributed by atoms with Gasteiger partial charge < -0.3 is 9.67 Å². The van der Waals surface area contributed by atoms with Crippen molar-refractivity contribution in [3.63, 3.8) is 0 Å². The number of carboxylic acid groups (broad SMARTS) is 1. The molecule has 0 saturated heterocycles. The van der Waals surface area contributed by atoms with Crippen LogP contribution in [-0.4, -0.2) is 31.6 Å². The van der Waals surface area contributed by atoms with E-state index in [0.29, 0.717) is 22.8 Å². The number of rotatable bonds is 5. The van der Waals surface area contributed by atoms with E-state index in [1.165, 1.54) is 6.33 Å². The van der Waals surface area contributed by atoms with E-state index in [2.05, 4.69) is 10.2 Å². The van der Waals surface area contributed by atoms with Crippen molar-refractivity contribution in [3.05, 3.63) is 41.0 Å². The minimum Gasteiger partial charge on any atom is -0.481 e. The standard InChI is InChI=1S/C13H14FN3O2S/c1-8-3-10(4-9(2)12(8)14)5-17-7-15-16-13(17)20-6-11(18)19/h3-4,7H,5-6H2,1-2H3,(H,18,19). The second-order valence-electron chi connectivity index (χ2n) is 4.47. The van der Waals surface area contributed by atoms with Gasteiger partial charge in [0.05, 0.1) is 12.3 Å². The van der Waals surface area contributed by atoms with Crippen LogP contribution >= 0.6 is 11.8 Å². The molecular formula is C13H14FN3O2S. The number of hydrogen-bond donors (Lipinski definition) is 1. The lowest BCUT2D eigenvalue weighted by atomic mass is 10.1. The predicted molar refractivity (Wildman–Crippen MR) is 73.4 cm³/mol. The second kappa shape index (κ2) is 6.04. The number of carbonyl (C=O) groups is 1. The summed E-state index contributed by atoms with van der Waals surface area (Å²) in [7, 11) is 0. The lowest BCUT2D eigenvalue weighted by Gasteiger charge is -2.09. The first kappa shape index (κ1) is 14.5. The Hall–Kier alpha value is -1.89. The molecular weight excluding hydrogens is 281 g/mol. The molecule has 0 saturated carbocycles.